The highest BCUT2D eigenvalue weighted by Gasteiger charge is 2.24. The molecule has 2 atom stereocenters. The van der Waals surface area contributed by atoms with Gasteiger partial charge in [0.2, 0.25) is 0 Å². The van der Waals surface area contributed by atoms with Gasteiger partial charge < -0.3 is 9.47 Å². The molecule has 0 N–H and O–H groups in total. The van der Waals surface area contributed by atoms with Crippen molar-refractivity contribution in [3.05, 3.63) is 0 Å². The standard InChI is InChI=1S/C11H20O4/c1-5-6-9(11(13)15-4)7-8(2)10(12)14-3/h8-9H,5-7H2,1-4H3/t8-,9+/m0/s1. The lowest BCUT2D eigenvalue weighted by Crippen LogP contribution is -2.23. The summed E-state index contributed by atoms with van der Waals surface area (Å²) >= 11 is 0. The summed E-state index contributed by atoms with van der Waals surface area (Å²) in [5.74, 6) is -0.979. The van der Waals surface area contributed by atoms with Gasteiger partial charge in [0.05, 0.1) is 26.1 Å². The van der Waals surface area contributed by atoms with Gasteiger partial charge in [-0.2, -0.15) is 0 Å². The van der Waals surface area contributed by atoms with Crippen molar-refractivity contribution in [2.75, 3.05) is 14.2 Å². The first-order valence-electron chi connectivity index (χ1n) is 5.22. The number of carbonyl (C=O) groups excluding carboxylic acids is 2. The fourth-order valence-corrected chi connectivity index (χ4v) is 1.57. The van der Waals surface area contributed by atoms with E-state index in [1.165, 1.54) is 14.2 Å². The smallest absolute Gasteiger partial charge is 0.308 e. The zero-order chi connectivity index (χ0) is 11.8. The molecule has 15 heavy (non-hydrogen) atoms. The van der Waals surface area contributed by atoms with E-state index in [9.17, 15) is 9.59 Å². The third kappa shape index (κ3) is 4.81. The van der Waals surface area contributed by atoms with Crippen LogP contribution in [0.2, 0.25) is 0 Å². The number of rotatable bonds is 6. The third-order valence-electron chi connectivity index (χ3n) is 2.41. The molecule has 4 heteroatoms. The number of hydrogen-bond acceptors (Lipinski definition) is 4. The summed E-state index contributed by atoms with van der Waals surface area (Å²) < 4.78 is 9.30. The van der Waals surface area contributed by atoms with E-state index in [-0.39, 0.29) is 23.8 Å². The highest BCUT2D eigenvalue weighted by molar-refractivity contribution is 5.75. The average Bonchev–Trinajstić information content (AvgIpc) is 2.26. The van der Waals surface area contributed by atoms with Crippen LogP contribution in [0.15, 0.2) is 0 Å². The molecule has 0 amide bonds. The molecule has 0 aliphatic carbocycles. The molecule has 0 fully saturated rings. The summed E-state index contributed by atoms with van der Waals surface area (Å²) in [6.45, 7) is 3.76. The van der Waals surface area contributed by atoms with Crippen LogP contribution in [0.4, 0.5) is 0 Å². The topological polar surface area (TPSA) is 52.6 Å². The molecule has 0 aliphatic rings. The predicted molar refractivity (Wildman–Crippen MR) is 56.2 cm³/mol. The molecule has 0 aliphatic heterocycles. The lowest BCUT2D eigenvalue weighted by Gasteiger charge is -2.16. The van der Waals surface area contributed by atoms with Gasteiger partial charge in [0.15, 0.2) is 0 Å². The maximum Gasteiger partial charge on any atom is 0.308 e. The van der Waals surface area contributed by atoms with Crippen molar-refractivity contribution < 1.29 is 19.1 Å². The molecule has 0 bridgehead atoms. The average molecular weight is 216 g/mol. The molecule has 0 saturated heterocycles. The van der Waals surface area contributed by atoms with E-state index in [0.29, 0.717) is 6.42 Å². The molecule has 0 aromatic heterocycles. The highest BCUT2D eigenvalue weighted by Crippen LogP contribution is 2.19. The molecule has 0 heterocycles. The summed E-state index contributed by atoms with van der Waals surface area (Å²) in [6, 6.07) is 0. The molecule has 0 radical (unpaired) electrons. The number of hydrogen-bond donors (Lipinski definition) is 0. The van der Waals surface area contributed by atoms with Gasteiger partial charge in [0, 0.05) is 0 Å². The second-order valence-electron chi connectivity index (χ2n) is 3.67. The van der Waals surface area contributed by atoms with Gasteiger partial charge in [0.1, 0.15) is 0 Å². The molecule has 0 spiro atoms. The maximum absolute atomic E-state index is 11.4. The molecular weight excluding hydrogens is 196 g/mol. The van der Waals surface area contributed by atoms with Crippen LogP contribution < -0.4 is 0 Å². The third-order valence-corrected chi connectivity index (χ3v) is 2.41. The number of ether oxygens (including phenoxy) is 2. The largest absolute Gasteiger partial charge is 0.469 e. The molecule has 4 nitrogen and oxygen atoms in total. The van der Waals surface area contributed by atoms with Gasteiger partial charge in [-0.1, -0.05) is 20.3 Å². The first-order chi connectivity index (χ1) is 7.06. The van der Waals surface area contributed by atoms with Crippen molar-refractivity contribution in [2.45, 2.75) is 33.1 Å². The van der Waals surface area contributed by atoms with Gasteiger partial charge in [-0.05, 0) is 12.8 Å². The Labute approximate surface area is 90.9 Å². The molecule has 0 aromatic carbocycles. The maximum atomic E-state index is 11.4. The SMILES string of the molecule is CCC[C@H](C[C@H](C)C(=O)OC)C(=O)OC. The van der Waals surface area contributed by atoms with Crippen LogP contribution in [0.25, 0.3) is 0 Å². The Kier molecular flexibility index (Phi) is 6.75. The Morgan fingerprint density at radius 3 is 2.07 bits per heavy atom. The van der Waals surface area contributed by atoms with E-state index in [1.54, 1.807) is 6.92 Å². The first kappa shape index (κ1) is 13.9. The second-order valence-corrected chi connectivity index (χ2v) is 3.67. The minimum Gasteiger partial charge on any atom is -0.469 e. The lowest BCUT2D eigenvalue weighted by molar-refractivity contribution is -0.149. The van der Waals surface area contributed by atoms with E-state index < -0.39 is 0 Å². The van der Waals surface area contributed by atoms with Crippen LogP contribution in [-0.4, -0.2) is 26.2 Å². The van der Waals surface area contributed by atoms with Gasteiger partial charge in [0.25, 0.3) is 0 Å². The molecule has 0 unspecified atom stereocenters. The fraction of sp³-hybridized carbons (Fsp3) is 0.818. The van der Waals surface area contributed by atoms with E-state index in [0.717, 1.165) is 12.8 Å². The summed E-state index contributed by atoms with van der Waals surface area (Å²) in [5.41, 5.74) is 0. The van der Waals surface area contributed by atoms with Crippen molar-refractivity contribution in [2.24, 2.45) is 11.8 Å². The molecule has 0 saturated carbocycles. The normalized spacial score (nSPS) is 14.1. The molecule has 0 rings (SSSR count). The van der Waals surface area contributed by atoms with E-state index in [4.69, 9.17) is 0 Å². The Balaban J connectivity index is 4.27. The van der Waals surface area contributed by atoms with Crippen LogP contribution in [0.1, 0.15) is 33.1 Å². The minimum absolute atomic E-state index is 0.200. The van der Waals surface area contributed by atoms with Crippen molar-refractivity contribution in [3.8, 4) is 0 Å². The van der Waals surface area contributed by atoms with Crippen molar-refractivity contribution in [1.82, 2.24) is 0 Å². The minimum atomic E-state index is -0.278. The van der Waals surface area contributed by atoms with Gasteiger partial charge in [-0.25, -0.2) is 0 Å². The number of methoxy groups -OCH3 is 2. The predicted octanol–water partition coefficient (Wildman–Crippen LogP) is 1.77. The lowest BCUT2D eigenvalue weighted by atomic mass is 9.92. The fourth-order valence-electron chi connectivity index (χ4n) is 1.57. The monoisotopic (exact) mass is 216 g/mol. The molecular formula is C11H20O4. The number of esters is 2. The van der Waals surface area contributed by atoms with Gasteiger partial charge in [-0.15, -0.1) is 0 Å². The molecule has 88 valence electrons. The van der Waals surface area contributed by atoms with Crippen LogP contribution in [0.5, 0.6) is 0 Å². The molecule has 0 aromatic rings. The summed E-state index contributed by atoms with van der Waals surface area (Å²) in [7, 11) is 2.72. The Morgan fingerprint density at radius 2 is 1.67 bits per heavy atom. The zero-order valence-electron chi connectivity index (χ0n) is 9.91. The van der Waals surface area contributed by atoms with Crippen LogP contribution in [0.3, 0.4) is 0 Å². The van der Waals surface area contributed by atoms with Crippen molar-refractivity contribution in [3.63, 3.8) is 0 Å². The second kappa shape index (κ2) is 7.26. The quantitative estimate of drug-likeness (QED) is 0.635. The van der Waals surface area contributed by atoms with Gasteiger partial charge in [-0.3, -0.25) is 9.59 Å². The van der Waals surface area contributed by atoms with Crippen LogP contribution in [0, 0.1) is 11.8 Å². The first-order valence-corrected chi connectivity index (χ1v) is 5.22. The summed E-state index contributed by atoms with van der Waals surface area (Å²) in [5, 5.41) is 0. The Bertz CT molecular complexity index is 213. The number of carbonyl (C=O) groups is 2. The van der Waals surface area contributed by atoms with Crippen LogP contribution in [-0.2, 0) is 19.1 Å². The van der Waals surface area contributed by atoms with Crippen molar-refractivity contribution in [1.29, 1.82) is 0 Å². The van der Waals surface area contributed by atoms with E-state index in [1.807, 2.05) is 6.92 Å². The van der Waals surface area contributed by atoms with E-state index in [2.05, 4.69) is 9.47 Å². The van der Waals surface area contributed by atoms with Crippen molar-refractivity contribution >= 4 is 11.9 Å². The summed E-state index contributed by atoms with van der Waals surface area (Å²) in [4.78, 5) is 22.6. The van der Waals surface area contributed by atoms with E-state index >= 15 is 0 Å². The Hall–Kier alpha value is -1.06. The zero-order valence-corrected chi connectivity index (χ0v) is 9.91. The summed E-state index contributed by atoms with van der Waals surface area (Å²) in [6.07, 6.45) is 2.13. The van der Waals surface area contributed by atoms with Gasteiger partial charge >= 0.3 is 11.9 Å². The highest BCUT2D eigenvalue weighted by atomic mass is 16.5. The Morgan fingerprint density at radius 1 is 1.13 bits per heavy atom. The van der Waals surface area contributed by atoms with Crippen LogP contribution >= 0.6 is 0 Å².